The molecule has 1 aliphatic rings. The topological polar surface area (TPSA) is 50.2 Å². The van der Waals surface area contributed by atoms with Gasteiger partial charge in [-0.15, -0.1) is 0 Å². The number of hydrogen-bond acceptors (Lipinski definition) is 2. The van der Waals surface area contributed by atoms with Crippen LogP contribution in [0.3, 0.4) is 0 Å². The van der Waals surface area contributed by atoms with E-state index in [4.69, 9.17) is 0 Å². The minimum absolute atomic E-state index is 0.121. The van der Waals surface area contributed by atoms with Crippen molar-refractivity contribution < 1.29 is 13.6 Å². The summed E-state index contributed by atoms with van der Waals surface area (Å²) in [6.45, 7) is 1.76. The number of halogens is 2. The van der Waals surface area contributed by atoms with E-state index in [0.717, 1.165) is 24.1 Å². The Morgan fingerprint density at radius 2 is 2.21 bits per heavy atom. The minimum Gasteiger partial charge on any atom is -0.338 e. The molecule has 7 heteroatoms. The van der Waals surface area contributed by atoms with E-state index in [1.807, 2.05) is 19.4 Å². The zero-order valence-corrected chi connectivity index (χ0v) is 13.5. The van der Waals surface area contributed by atoms with Crippen molar-refractivity contribution in [3.63, 3.8) is 0 Å². The van der Waals surface area contributed by atoms with E-state index in [1.54, 1.807) is 9.58 Å². The standard InChI is InChI=1S/C17H20F2N4O/c1-22-10-14(9-21-22)13-5-7-23(11-13)17(24)20-6-4-12-2-3-15(18)16(19)8-12/h2-3,8-10,13H,4-7,11H2,1H3,(H,20,24). The van der Waals surface area contributed by atoms with Crippen molar-refractivity contribution in [1.82, 2.24) is 20.0 Å². The highest BCUT2D eigenvalue weighted by Crippen LogP contribution is 2.26. The molecule has 1 fully saturated rings. The third kappa shape index (κ3) is 3.72. The predicted octanol–water partition coefficient (Wildman–Crippen LogP) is 2.44. The molecule has 1 atom stereocenters. The molecule has 2 amide bonds. The molecule has 0 saturated carbocycles. The van der Waals surface area contributed by atoms with Crippen molar-refractivity contribution in [2.75, 3.05) is 19.6 Å². The van der Waals surface area contributed by atoms with Crippen LogP contribution in [-0.2, 0) is 13.5 Å². The van der Waals surface area contributed by atoms with Crippen LogP contribution < -0.4 is 5.32 Å². The van der Waals surface area contributed by atoms with E-state index >= 15 is 0 Å². The van der Waals surface area contributed by atoms with Crippen LogP contribution in [0.25, 0.3) is 0 Å². The summed E-state index contributed by atoms with van der Waals surface area (Å²) >= 11 is 0. The molecule has 1 saturated heterocycles. The predicted molar refractivity (Wildman–Crippen MR) is 85.6 cm³/mol. The molecule has 1 aromatic heterocycles. The first-order valence-electron chi connectivity index (χ1n) is 7.98. The third-order valence-corrected chi connectivity index (χ3v) is 4.35. The second-order valence-electron chi connectivity index (χ2n) is 6.11. The highest BCUT2D eigenvalue weighted by molar-refractivity contribution is 5.74. The lowest BCUT2D eigenvalue weighted by Crippen LogP contribution is -2.39. The van der Waals surface area contributed by atoms with Gasteiger partial charge in [0.05, 0.1) is 6.20 Å². The van der Waals surface area contributed by atoms with E-state index in [9.17, 15) is 13.6 Å². The summed E-state index contributed by atoms with van der Waals surface area (Å²) in [7, 11) is 1.88. The smallest absolute Gasteiger partial charge is 0.317 e. The normalized spacial score (nSPS) is 17.3. The maximum absolute atomic E-state index is 13.1. The first-order valence-corrected chi connectivity index (χ1v) is 7.98. The Labute approximate surface area is 139 Å². The van der Waals surface area contributed by atoms with Crippen LogP contribution in [0.1, 0.15) is 23.5 Å². The van der Waals surface area contributed by atoms with Crippen LogP contribution in [0, 0.1) is 11.6 Å². The summed E-state index contributed by atoms with van der Waals surface area (Å²) in [6, 6.07) is 3.67. The largest absolute Gasteiger partial charge is 0.338 e. The van der Waals surface area contributed by atoms with E-state index in [-0.39, 0.29) is 6.03 Å². The molecule has 2 aromatic rings. The van der Waals surface area contributed by atoms with Crippen LogP contribution >= 0.6 is 0 Å². The minimum atomic E-state index is -0.863. The molecule has 1 aromatic carbocycles. The highest BCUT2D eigenvalue weighted by Gasteiger charge is 2.27. The second-order valence-corrected chi connectivity index (χ2v) is 6.11. The number of carbonyl (C=O) groups is 1. The second kappa shape index (κ2) is 6.98. The van der Waals surface area contributed by atoms with Gasteiger partial charge < -0.3 is 10.2 Å². The van der Waals surface area contributed by atoms with Crippen molar-refractivity contribution in [3.05, 3.63) is 53.4 Å². The van der Waals surface area contributed by atoms with Crippen LogP contribution in [0.15, 0.2) is 30.6 Å². The van der Waals surface area contributed by atoms with Crippen molar-refractivity contribution in [2.45, 2.75) is 18.8 Å². The average molecular weight is 334 g/mol. The first kappa shape index (κ1) is 16.4. The molecule has 1 N–H and O–H groups in total. The Morgan fingerprint density at radius 3 is 2.92 bits per heavy atom. The molecular formula is C17H20F2N4O. The Bertz CT molecular complexity index is 731. The lowest BCUT2D eigenvalue weighted by Gasteiger charge is -2.17. The van der Waals surface area contributed by atoms with Gasteiger partial charge >= 0.3 is 6.03 Å². The van der Waals surface area contributed by atoms with Crippen molar-refractivity contribution in [2.24, 2.45) is 7.05 Å². The zero-order valence-electron chi connectivity index (χ0n) is 13.5. The summed E-state index contributed by atoms with van der Waals surface area (Å²) in [5.74, 6) is -1.41. The Balaban J connectivity index is 1.46. The lowest BCUT2D eigenvalue weighted by molar-refractivity contribution is 0.208. The first-order chi connectivity index (χ1) is 11.5. The summed E-state index contributed by atoms with van der Waals surface area (Å²) < 4.78 is 27.8. The van der Waals surface area contributed by atoms with Crippen molar-refractivity contribution >= 4 is 6.03 Å². The Morgan fingerprint density at radius 1 is 1.38 bits per heavy atom. The van der Waals surface area contributed by atoms with Gasteiger partial charge in [-0.3, -0.25) is 4.68 Å². The summed E-state index contributed by atoms with van der Waals surface area (Å²) in [4.78, 5) is 14.0. The number of amides is 2. The number of carbonyl (C=O) groups excluding carboxylic acids is 1. The maximum Gasteiger partial charge on any atom is 0.317 e. The van der Waals surface area contributed by atoms with E-state index in [0.29, 0.717) is 37.5 Å². The summed E-state index contributed by atoms with van der Waals surface area (Å²) in [6.07, 6.45) is 5.20. The van der Waals surface area contributed by atoms with E-state index in [1.165, 1.54) is 6.07 Å². The van der Waals surface area contributed by atoms with E-state index in [2.05, 4.69) is 10.4 Å². The molecule has 3 rings (SSSR count). The molecule has 0 radical (unpaired) electrons. The van der Waals surface area contributed by atoms with Gasteiger partial charge in [-0.2, -0.15) is 5.10 Å². The molecule has 1 aliphatic heterocycles. The van der Waals surface area contributed by atoms with Gasteiger partial charge in [-0.25, -0.2) is 13.6 Å². The quantitative estimate of drug-likeness (QED) is 0.934. The molecule has 128 valence electrons. The van der Waals surface area contributed by atoms with Gasteiger partial charge in [0.1, 0.15) is 0 Å². The number of nitrogens with one attached hydrogen (secondary N) is 1. The maximum atomic E-state index is 13.1. The Kier molecular flexibility index (Phi) is 4.78. The molecule has 1 unspecified atom stereocenters. The van der Waals surface area contributed by atoms with Crippen molar-refractivity contribution in [3.8, 4) is 0 Å². The van der Waals surface area contributed by atoms with Crippen molar-refractivity contribution in [1.29, 1.82) is 0 Å². The Hall–Kier alpha value is -2.44. The van der Waals surface area contributed by atoms with Crippen LogP contribution in [0.4, 0.5) is 13.6 Å². The molecule has 0 aliphatic carbocycles. The van der Waals surface area contributed by atoms with Crippen LogP contribution in [-0.4, -0.2) is 40.3 Å². The fourth-order valence-electron chi connectivity index (χ4n) is 2.99. The lowest BCUT2D eigenvalue weighted by atomic mass is 10.0. The summed E-state index contributed by atoms with van der Waals surface area (Å²) in [5, 5.41) is 7.00. The van der Waals surface area contributed by atoms with Gasteiger partial charge in [0, 0.05) is 38.8 Å². The number of aromatic nitrogens is 2. The number of hydrogen-bond donors (Lipinski definition) is 1. The number of nitrogens with zero attached hydrogens (tertiary/aromatic N) is 3. The molecular weight excluding hydrogens is 314 g/mol. The number of urea groups is 1. The van der Waals surface area contributed by atoms with Gasteiger partial charge in [0.25, 0.3) is 0 Å². The van der Waals surface area contributed by atoms with E-state index < -0.39 is 11.6 Å². The molecule has 0 bridgehead atoms. The van der Waals surface area contributed by atoms with Gasteiger partial charge in [0.2, 0.25) is 0 Å². The number of aryl methyl sites for hydroxylation is 1. The fraction of sp³-hybridized carbons (Fsp3) is 0.412. The third-order valence-electron chi connectivity index (χ3n) is 4.35. The SMILES string of the molecule is Cn1cc(C2CCN(C(=O)NCCc3ccc(F)c(F)c3)C2)cn1. The number of rotatable bonds is 4. The van der Waals surface area contributed by atoms with Gasteiger partial charge in [-0.1, -0.05) is 6.07 Å². The fourth-order valence-corrected chi connectivity index (χ4v) is 2.99. The number of benzene rings is 1. The zero-order chi connectivity index (χ0) is 17.1. The molecule has 24 heavy (non-hydrogen) atoms. The molecule has 5 nitrogen and oxygen atoms in total. The number of likely N-dealkylation sites (tertiary alicyclic amines) is 1. The van der Waals surface area contributed by atoms with Gasteiger partial charge in [-0.05, 0) is 36.1 Å². The monoisotopic (exact) mass is 334 g/mol. The van der Waals surface area contributed by atoms with Crippen LogP contribution in [0.2, 0.25) is 0 Å². The van der Waals surface area contributed by atoms with Gasteiger partial charge in [0.15, 0.2) is 11.6 Å². The highest BCUT2D eigenvalue weighted by atomic mass is 19.2. The molecule has 0 spiro atoms. The molecule has 2 heterocycles. The van der Waals surface area contributed by atoms with Crippen LogP contribution in [0.5, 0.6) is 0 Å². The summed E-state index contributed by atoms with van der Waals surface area (Å²) in [5.41, 5.74) is 1.80. The average Bonchev–Trinajstić information content (AvgIpc) is 3.19.